The standard InChI is InChI=1S/C31H59FN2O5/c1-4-5-6-7-8-9-10-14-20-27(21-15-11-12-17-24-30(36)37)34(29(35)23-19-25-33(2)3)26-18-13-16-22-28(32)31(38)39/h27-28H,4-26H2,1-3H3,(H,36,37)(H,38,39). The first-order valence-corrected chi connectivity index (χ1v) is 15.7. The van der Waals surface area contributed by atoms with Crippen molar-refractivity contribution in [2.75, 3.05) is 27.2 Å². The van der Waals surface area contributed by atoms with Crippen molar-refractivity contribution in [3.63, 3.8) is 0 Å². The van der Waals surface area contributed by atoms with E-state index in [1.54, 1.807) is 0 Å². The lowest BCUT2D eigenvalue weighted by Gasteiger charge is -2.33. The zero-order valence-electron chi connectivity index (χ0n) is 25.3. The van der Waals surface area contributed by atoms with E-state index in [4.69, 9.17) is 10.2 Å². The lowest BCUT2D eigenvalue weighted by molar-refractivity contribution is -0.143. The highest BCUT2D eigenvalue weighted by Crippen LogP contribution is 2.21. The molecule has 0 aromatic heterocycles. The van der Waals surface area contributed by atoms with Crippen molar-refractivity contribution in [2.45, 2.75) is 154 Å². The van der Waals surface area contributed by atoms with Crippen molar-refractivity contribution in [1.82, 2.24) is 9.80 Å². The number of halogens is 1. The Kier molecular flexibility index (Phi) is 24.2. The molecule has 230 valence electrons. The lowest BCUT2D eigenvalue weighted by atomic mass is 9.97. The van der Waals surface area contributed by atoms with E-state index >= 15 is 0 Å². The fourth-order valence-electron chi connectivity index (χ4n) is 5.09. The minimum absolute atomic E-state index is 0.0180. The van der Waals surface area contributed by atoms with Crippen molar-refractivity contribution in [3.8, 4) is 0 Å². The predicted octanol–water partition coefficient (Wildman–Crippen LogP) is 7.46. The van der Waals surface area contributed by atoms with E-state index in [-0.39, 0.29) is 24.8 Å². The first-order chi connectivity index (χ1) is 18.7. The highest BCUT2D eigenvalue weighted by molar-refractivity contribution is 5.76. The van der Waals surface area contributed by atoms with Gasteiger partial charge in [-0.2, -0.15) is 0 Å². The summed E-state index contributed by atoms with van der Waals surface area (Å²) in [6, 6.07) is 0.171. The number of amides is 1. The molecule has 7 nitrogen and oxygen atoms in total. The number of hydrogen-bond donors (Lipinski definition) is 2. The number of carbonyl (C=O) groups excluding carboxylic acids is 1. The molecule has 0 aliphatic carbocycles. The summed E-state index contributed by atoms with van der Waals surface area (Å²) in [7, 11) is 4.01. The van der Waals surface area contributed by atoms with E-state index in [1.807, 2.05) is 14.1 Å². The molecule has 2 N–H and O–H groups in total. The monoisotopic (exact) mass is 558 g/mol. The topological polar surface area (TPSA) is 98.1 Å². The van der Waals surface area contributed by atoms with Crippen LogP contribution in [0.3, 0.4) is 0 Å². The van der Waals surface area contributed by atoms with Crippen molar-refractivity contribution in [2.24, 2.45) is 0 Å². The van der Waals surface area contributed by atoms with Gasteiger partial charge in [-0.05, 0) is 65.6 Å². The molecule has 0 saturated carbocycles. The Morgan fingerprint density at radius 3 is 1.69 bits per heavy atom. The van der Waals surface area contributed by atoms with Gasteiger partial charge in [0, 0.05) is 25.4 Å². The first kappa shape index (κ1) is 37.3. The number of carbonyl (C=O) groups is 3. The van der Waals surface area contributed by atoms with Crippen LogP contribution in [0.5, 0.6) is 0 Å². The molecule has 39 heavy (non-hydrogen) atoms. The van der Waals surface area contributed by atoms with Crippen LogP contribution in [0.4, 0.5) is 4.39 Å². The quantitative estimate of drug-likeness (QED) is 0.0967. The molecule has 0 aromatic rings. The summed E-state index contributed by atoms with van der Waals surface area (Å²) in [5.41, 5.74) is 0. The number of aliphatic carboxylic acids is 2. The zero-order valence-corrected chi connectivity index (χ0v) is 25.3. The summed E-state index contributed by atoms with van der Waals surface area (Å²) in [4.78, 5) is 39.1. The van der Waals surface area contributed by atoms with Crippen LogP contribution in [0.15, 0.2) is 0 Å². The first-order valence-electron chi connectivity index (χ1n) is 15.7. The van der Waals surface area contributed by atoms with Crippen LogP contribution >= 0.6 is 0 Å². The molecule has 2 unspecified atom stereocenters. The Morgan fingerprint density at radius 1 is 0.641 bits per heavy atom. The largest absolute Gasteiger partial charge is 0.481 e. The average molecular weight is 559 g/mol. The van der Waals surface area contributed by atoms with Crippen molar-refractivity contribution >= 4 is 17.8 Å². The van der Waals surface area contributed by atoms with E-state index in [9.17, 15) is 18.8 Å². The summed E-state index contributed by atoms with van der Waals surface area (Å²) in [6.07, 6.45) is 17.1. The molecule has 0 rings (SSSR count). The number of rotatable bonds is 28. The third-order valence-corrected chi connectivity index (χ3v) is 7.45. The molecular formula is C31H59FN2O5. The smallest absolute Gasteiger partial charge is 0.338 e. The van der Waals surface area contributed by atoms with Gasteiger partial charge in [0.05, 0.1) is 0 Å². The van der Waals surface area contributed by atoms with Crippen LogP contribution in [0.1, 0.15) is 142 Å². The van der Waals surface area contributed by atoms with Crippen molar-refractivity contribution in [1.29, 1.82) is 0 Å². The number of unbranched alkanes of at least 4 members (excludes halogenated alkanes) is 12. The van der Waals surface area contributed by atoms with E-state index in [2.05, 4.69) is 16.7 Å². The average Bonchev–Trinajstić information content (AvgIpc) is 2.88. The Balaban J connectivity index is 5.04. The summed E-state index contributed by atoms with van der Waals surface area (Å²) < 4.78 is 13.4. The molecule has 0 aliphatic heterocycles. The molecule has 0 fully saturated rings. The highest BCUT2D eigenvalue weighted by Gasteiger charge is 2.23. The third kappa shape index (κ3) is 22.8. The molecule has 2 atom stereocenters. The molecule has 1 amide bonds. The maximum atomic E-state index is 13.4. The van der Waals surface area contributed by atoms with Crippen LogP contribution in [-0.2, 0) is 14.4 Å². The van der Waals surface area contributed by atoms with E-state index in [0.717, 1.165) is 57.9 Å². The van der Waals surface area contributed by atoms with Gasteiger partial charge >= 0.3 is 11.9 Å². The summed E-state index contributed by atoms with van der Waals surface area (Å²) >= 11 is 0. The molecular weight excluding hydrogens is 499 g/mol. The van der Waals surface area contributed by atoms with Crippen LogP contribution in [-0.4, -0.2) is 77.3 Å². The maximum absolute atomic E-state index is 13.4. The van der Waals surface area contributed by atoms with Gasteiger partial charge in [0.15, 0.2) is 6.17 Å². The molecule has 8 heteroatoms. The van der Waals surface area contributed by atoms with Gasteiger partial charge < -0.3 is 20.0 Å². The third-order valence-electron chi connectivity index (χ3n) is 7.45. The van der Waals surface area contributed by atoms with Gasteiger partial charge in [-0.1, -0.05) is 84.0 Å². The van der Waals surface area contributed by atoms with Gasteiger partial charge in [-0.25, -0.2) is 9.18 Å². The van der Waals surface area contributed by atoms with Crippen molar-refractivity contribution in [3.05, 3.63) is 0 Å². The Bertz CT molecular complexity index is 632. The maximum Gasteiger partial charge on any atom is 0.338 e. The van der Waals surface area contributed by atoms with Gasteiger partial charge in [0.1, 0.15) is 0 Å². The van der Waals surface area contributed by atoms with Crippen LogP contribution in [0, 0.1) is 0 Å². The highest BCUT2D eigenvalue weighted by atomic mass is 19.1. The minimum Gasteiger partial charge on any atom is -0.481 e. The number of carboxylic acids is 2. The van der Waals surface area contributed by atoms with E-state index in [1.165, 1.54) is 44.9 Å². The van der Waals surface area contributed by atoms with E-state index in [0.29, 0.717) is 32.2 Å². The molecule has 0 aromatic carbocycles. The fraction of sp³-hybridized carbons (Fsp3) is 0.903. The predicted molar refractivity (Wildman–Crippen MR) is 157 cm³/mol. The molecule has 0 spiro atoms. The number of nitrogens with zero attached hydrogens (tertiary/aromatic N) is 2. The van der Waals surface area contributed by atoms with Crippen LogP contribution in [0.2, 0.25) is 0 Å². The normalized spacial score (nSPS) is 12.9. The van der Waals surface area contributed by atoms with Crippen LogP contribution in [0.25, 0.3) is 0 Å². The summed E-state index contributed by atoms with van der Waals surface area (Å²) in [5, 5.41) is 17.7. The molecule has 0 saturated heterocycles. The Labute approximate surface area is 237 Å². The van der Waals surface area contributed by atoms with Gasteiger partial charge in [0.25, 0.3) is 0 Å². The zero-order chi connectivity index (χ0) is 29.3. The number of alkyl halides is 1. The number of carboxylic acid groups (broad SMARTS) is 2. The van der Waals surface area contributed by atoms with Crippen molar-refractivity contribution < 1.29 is 29.0 Å². The Morgan fingerprint density at radius 2 is 1.15 bits per heavy atom. The molecule has 0 bridgehead atoms. The van der Waals surface area contributed by atoms with Gasteiger partial charge in [-0.3, -0.25) is 9.59 Å². The van der Waals surface area contributed by atoms with Crippen LogP contribution < -0.4 is 0 Å². The van der Waals surface area contributed by atoms with Gasteiger partial charge in [-0.15, -0.1) is 0 Å². The van der Waals surface area contributed by atoms with E-state index < -0.39 is 18.1 Å². The van der Waals surface area contributed by atoms with Gasteiger partial charge in [0.2, 0.25) is 5.91 Å². The lowest BCUT2D eigenvalue weighted by Crippen LogP contribution is -2.41. The second kappa shape index (κ2) is 25.3. The SMILES string of the molecule is CCCCCCCCCCC(CCCCCCC(=O)O)N(CCCCCC(F)C(=O)O)C(=O)CCCN(C)C. The second-order valence-corrected chi connectivity index (χ2v) is 11.4. The second-order valence-electron chi connectivity index (χ2n) is 11.4. The summed E-state index contributed by atoms with van der Waals surface area (Å²) in [6.45, 7) is 3.72. The Hall–Kier alpha value is -1.70. The molecule has 0 radical (unpaired) electrons. The number of hydrogen-bond acceptors (Lipinski definition) is 4. The minimum atomic E-state index is -1.82. The summed E-state index contributed by atoms with van der Waals surface area (Å²) in [5.74, 6) is -1.97. The fourth-order valence-corrected chi connectivity index (χ4v) is 5.09. The molecule has 0 heterocycles. The molecule has 0 aliphatic rings.